The Morgan fingerprint density at radius 3 is 2.40 bits per heavy atom. The van der Waals surface area contributed by atoms with Gasteiger partial charge in [-0.3, -0.25) is 10.1 Å². The SMILES string of the molecule is Cc1ccc(C(C)Nc2ccc([N+](=O)[O-])cc2N)cc1. The number of hydrogen-bond acceptors (Lipinski definition) is 4. The van der Waals surface area contributed by atoms with Gasteiger partial charge >= 0.3 is 0 Å². The van der Waals surface area contributed by atoms with Crippen molar-refractivity contribution in [2.75, 3.05) is 11.1 Å². The molecule has 0 heterocycles. The maximum atomic E-state index is 10.7. The van der Waals surface area contributed by atoms with E-state index in [9.17, 15) is 10.1 Å². The van der Waals surface area contributed by atoms with Crippen molar-refractivity contribution in [3.8, 4) is 0 Å². The number of nitro groups is 1. The van der Waals surface area contributed by atoms with Crippen LogP contribution in [0.15, 0.2) is 42.5 Å². The molecule has 3 N–H and O–H groups in total. The lowest BCUT2D eigenvalue weighted by Gasteiger charge is -2.17. The zero-order valence-corrected chi connectivity index (χ0v) is 11.5. The van der Waals surface area contributed by atoms with Gasteiger partial charge in [-0.2, -0.15) is 0 Å². The Labute approximate surface area is 117 Å². The summed E-state index contributed by atoms with van der Waals surface area (Å²) in [6.45, 7) is 4.06. The summed E-state index contributed by atoms with van der Waals surface area (Å²) in [6, 6.07) is 12.7. The molecule has 20 heavy (non-hydrogen) atoms. The summed E-state index contributed by atoms with van der Waals surface area (Å²) >= 11 is 0. The maximum Gasteiger partial charge on any atom is 0.271 e. The normalized spacial score (nSPS) is 11.9. The minimum atomic E-state index is -0.455. The Hall–Kier alpha value is -2.56. The second-order valence-corrected chi connectivity index (χ2v) is 4.81. The number of nitro benzene ring substituents is 1. The number of benzene rings is 2. The third kappa shape index (κ3) is 3.06. The molecule has 0 saturated carbocycles. The molecule has 0 spiro atoms. The van der Waals surface area contributed by atoms with Crippen molar-refractivity contribution in [1.29, 1.82) is 0 Å². The van der Waals surface area contributed by atoms with Gasteiger partial charge in [0, 0.05) is 18.2 Å². The topological polar surface area (TPSA) is 81.2 Å². The van der Waals surface area contributed by atoms with E-state index in [-0.39, 0.29) is 11.7 Å². The molecule has 104 valence electrons. The van der Waals surface area contributed by atoms with E-state index >= 15 is 0 Å². The van der Waals surface area contributed by atoms with Crippen LogP contribution < -0.4 is 11.1 Å². The lowest BCUT2D eigenvalue weighted by atomic mass is 10.1. The second kappa shape index (κ2) is 5.61. The summed E-state index contributed by atoms with van der Waals surface area (Å²) in [6.07, 6.45) is 0. The minimum absolute atomic E-state index is 0.00367. The third-order valence-electron chi connectivity index (χ3n) is 3.20. The molecule has 5 nitrogen and oxygen atoms in total. The van der Waals surface area contributed by atoms with Crippen LogP contribution in [0.1, 0.15) is 24.1 Å². The highest BCUT2D eigenvalue weighted by atomic mass is 16.6. The van der Waals surface area contributed by atoms with Gasteiger partial charge in [-0.15, -0.1) is 0 Å². The predicted octanol–water partition coefficient (Wildman–Crippen LogP) is 3.66. The van der Waals surface area contributed by atoms with Crippen molar-refractivity contribution in [3.63, 3.8) is 0 Å². The van der Waals surface area contributed by atoms with Crippen LogP contribution >= 0.6 is 0 Å². The zero-order chi connectivity index (χ0) is 14.7. The van der Waals surface area contributed by atoms with Crippen LogP contribution in [0.4, 0.5) is 17.1 Å². The molecule has 0 fully saturated rings. The first-order chi connectivity index (χ1) is 9.47. The van der Waals surface area contributed by atoms with Gasteiger partial charge in [-0.25, -0.2) is 0 Å². The number of hydrogen-bond donors (Lipinski definition) is 2. The molecule has 1 unspecified atom stereocenters. The summed E-state index contributed by atoms with van der Waals surface area (Å²) < 4.78 is 0. The smallest absolute Gasteiger partial charge is 0.271 e. The number of nitrogen functional groups attached to an aromatic ring is 1. The van der Waals surface area contributed by atoms with Crippen molar-refractivity contribution in [2.24, 2.45) is 0 Å². The number of anilines is 2. The van der Waals surface area contributed by atoms with E-state index in [0.29, 0.717) is 11.4 Å². The Morgan fingerprint density at radius 1 is 1.20 bits per heavy atom. The molecule has 2 aromatic rings. The van der Waals surface area contributed by atoms with Crippen molar-refractivity contribution in [2.45, 2.75) is 19.9 Å². The summed E-state index contributed by atoms with van der Waals surface area (Å²) in [7, 11) is 0. The van der Waals surface area contributed by atoms with E-state index in [0.717, 1.165) is 5.56 Å². The first-order valence-electron chi connectivity index (χ1n) is 6.34. The molecule has 0 aliphatic rings. The molecule has 2 aromatic carbocycles. The van der Waals surface area contributed by atoms with Crippen LogP contribution in [0.3, 0.4) is 0 Å². The molecule has 0 aromatic heterocycles. The van der Waals surface area contributed by atoms with Gasteiger partial charge in [0.2, 0.25) is 0 Å². The number of nitrogens with zero attached hydrogens (tertiary/aromatic N) is 1. The standard InChI is InChI=1S/C15H17N3O2/c1-10-3-5-12(6-4-10)11(2)17-15-8-7-13(18(19)20)9-14(15)16/h3-9,11,17H,16H2,1-2H3. The molecule has 5 heteroatoms. The Morgan fingerprint density at radius 2 is 1.85 bits per heavy atom. The minimum Gasteiger partial charge on any atom is -0.397 e. The van der Waals surface area contributed by atoms with Crippen molar-refractivity contribution in [3.05, 3.63) is 63.7 Å². The van der Waals surface area contributed by atoms with Gasteiger partial charge in [0.05, 0.1) is 16.3 Å². The fraction of sp³-hybridized carbons (Fsp3) is 0.200. The molecular formula is C15H17N3O2. The summed E-state index contributed by atoms with van der Waals surface area (Å²) in [5.74, 6) is 0. The van der Waals surface area contributed by atoms with Crippen LogP contribution in [0.2, 0.25) is 0 Å². The lowest BCUT2D eigenvalue weighted by Crippen LogP contribution is -2.08. The summed E-state index contributed by atoms with van der Waals surface area (Å²) in [4.78, 5) is 10.2. The average molecular weight is 271 g/mol. The van der Waals surface area contributed by atoms with Crippen LogP contribution in [0, 0.1) is 17.0 Å². The van der Waals surface area contributed by atoms with E-state index < -0.39 is 4.92 Å². The van der Waals surface area contributed by atoms with Gasteiger partial charge in [-0.05, 0) is 25.5 Å². The number of aryl methyl sites for hydroxylation is 1. The van der Waals surface area contributed by atoms with E-state index in [4.69, 9.17) is 5.73 Å². The molecule has 0 amide bonds. The Balaban J connectivity index is 2.17. The third-order valence-corrected chi connectivity index (χ3v) is 3.20. The predicted molar refractivity (Wildman–Crippen MR) is 80.7 cm³/mol. The van der Waals surface area contributed by atoms with E-state index in [1.807, 2.05) is 26.0 Å². The molecule has 0 aliphatic heterocycles. The molecular weight excluding hydrogens is 254 g/mol. The molecule has 1 atom stereocenters. The Bertz CT molecular complexity index is 624. The van der Waals surface area contributed by atoms with Crippen LogP contribution in [0.25, 0.3) is 0 Å². The molecule has 0 bridgehead atoms. The van der Waals surface area contributed by atoms with Crippen LogP contribution in [0.5, 0.6) is 0 Å². The monoisotopic (exact) mass is 271 g/mol. The number of rotatable bonds is 4. The fourth-order valence-electron chi connectivity index (χ4n) is 1.97. The lowest BCUT2D eigenvalue weighted by molar-refractivity contribution is -0.384. The van der Waals surface area contributed by atoms with Crippen LogP contribution in [-0.4, -0.2) is 4.92 Å². The largest absolute Gasteiger partial charge is 0.397 e. The van der Waals surface area contributed by atoms with Crippen molar-refractivity contribution in [1.82, 2.24) is 0 Å². The molecule has 0 radical (unpaired) electrons. The molecule has 2 rings (SSSR count). The van der Waals surface area contributed by atoms with E-state index in [2.05, 4.69) is 17.4 Å². The summed E-state index contributed by atoms with van der Waals surface area (Å²) in [5.41, 5.74) is 9.25. The highest BCUT2D eigenvalue weighted by Gasteiger charge is 2.11. The van der Waals surface area contributed by atoms with Gasteiger partial charge in [0.15, 0.2) is 0 Å². The van der Waals surface area contributed by atoms with Gasteiger partial charge in [-0.1, -0.05) is 29.8 Å². The van der Waals surface area contributed by atoms with E-state index in [1.54, 1.807) is 6.07 Å². The molecule has 0 aliphatic carbocycles. The highest BCUT2D eigenvalue weighted by molar-refractivity contribution is 5.69. The first kappa shape index (κ1) is 13.9. The van der Waals surface area contributed by atoms with Gasteiger partial charge in [0.25, 0.3) is 5.69 Å². The van der Waals surface area contributed by atoms with Crippen molar-refractivity contribution >= 4 is 17.1 Å². The Kier molecular flexibility index (Phi) is 3.89. The maximum absolute atomic E-state index is 10.7. The summed E-state index contributed by atoms with van der Waals surface area (Å²) in [5, 5.41) is 13.9. The number of nitrogens with two attached hydrogens (primary N) is 1. The zero-order valence-electron chi connectivity index (χ0n) is 11.5. The second-order valence-electron chi connectivity index (χ2n) is 4.81. The van der Waals surface area contributed by atoms with Crippen molar-refractivity contribution < 1.29 is 4.92 Å². The van der Waals surface area contributed by atoms with Gasteiger partial charge in [0.1, 0.15) is 0 Å². The number of nitrogens with one attached hydrogen (secondary N) is 1. The highest BCUT2D eigenvalue weighted by Crippen LogP contribution is 2.27. The quantitative estimate of drug-likeness (QED) is 0.505. The van der Waals surface area contributed by atoms with Gasteiger partial charge < -0.3 is 11.1 Å². The first-order valence-corrected chi connectivity index (χ1v) is 6.34. The van der Waals surface area contributed by atoms with Crippen LogP contribution in [-0.2, 0) is 0 Å². The van der Waals surface area contributed by atoms with E-state index in [1.165, 1.54) is 17.7 Å². The molecule has 0 saturated heterocycles. The number of non-ortho nitro benzene ring substituents is 1. The average Bonchev–Trinajstić information content (AvgIpc) is 2.41. The fourth-order valence-corrected chi connectivity index (χ4v) is 1.97.